The molecular weight excluding hydrogens is 248 g/mol. The summed E-state index contributed by atoms with van der Waals surface area (Å²) in [7, 11) is 0. The van der Waals surface area contributed by atoms with Crippen LogP contribution in [0.4, 0.5) is 0 Å². The molecule has 0 saturated carbocycles. The van der Waals surface area contributed by atoms with E-state index in [0.717, 1.165) is 0 Å². The summed E-state index contributed by atoms with van der Waals surface area (Å²) in [5.41, 5.74) is 9.24. The van der Waals surface area contributed by atoms with Crippen LogP contribution < -0.4 is 11.5 Å². The van der Waals surface area contributed by atoms with Crippen LogP contribution in [0.5, 0.6) is 0 Å². The topological polar surface area (TPSA) is 110 Å². The Balaban J connectivity index is 0. The van der Waals surface area contributed by atoms with Gasteiger partial charge < -0.3 is 11.5 Å². The van der Waals surface area contributed by atoms with Crippen molar-refractivity contribution < 1.29 is 10.0 Å². The van der Waals surface area contributed by atoms with Crippen LogP contribution in [0.2, 0.25) is 0 Å². The second-order valence-electron chi connectivity index (χ2n) is 0.633. The predicted molar refractivity (Wildman–Crippen MR) is 31.9 cm³/mol. The minimum atomic E-state index is -3.61. The molecule has 0 aliphatic carbocycles. The zero-order valence-corrected chi connectivity index (χ0v) is 6.92. The van der Waals surface area contributed by atoms with Crippen LogP contribution in [0.15, 0.2) is 0 Å². The van der Waals surface area contributed by atoms with Gasteiger partial charge in [-0.2, -0.15) is 0 Å². The molecule has 0 aromatic rings. The van der Waals surface area contributed by atoms with Crippen molar-refractivity contribution in [3.63, 3.8) is 0 Å². The Kier molecular flexibility index (Phi) is 9.95. The molecule has 0 aromatic carbocycles. The van der Waals surface area contributed by atoms with E-state index in [2.05, 4.69) is 23.7 Å². The molecule has 0 aliphatic rings. The van der Waals surface area contributed by atoms with E-state index in [9.17, 15) is 0 Å². The standard InChI is InChI=1S/CH4N2S.H2O3Te/c2-1(3)4;1-4(2)3/h(H4,2,3,4);(H2,1,2,3). The number of hydrogen-bond donors (Lipinski definition) is 4. The van der Waals surface area contributed by atoms with Crippen molar-refractivity contribution in [3.05, 3.63) is 0 Å². The Hall–Kier alpha value is 0.200. The molecule has 0 bridgehead atoms. The van der Waals surface area contributed by atoms with Gasteiger partial charge in [0.05, 0.1) is 0 Å². The van der Waals surface area contributed by atoms with Crippen LogP contribution in [-0.2, 0) is 3.10 Å². The summed E-state index contributed by atoms with van der Waals surface area (Å²) in [6, 6.07) is 0. The fourth-order valence-electron chi connectivity index (χ4n) is 0. The number of nitrogens with two attached hydrogens (primary N) is 2. The van der Waals surface area contributed by atoms with Gasteiger partial charge >= 0.3 is 30.4 Å². The third-order valence-electron chi connectivity index (χ3n) is 0. The van der Waals surface area contributed by atoms with E-state index in [1.165, 1.54) is 0 Å². The second-order valence-corrected chi connectivity index (χ2v) is 2.42. The Morgan fingerprint density at radius 1 is 1.50 bits per heavy atom. The molecule has 0 aromatic heterocycles. The van der Waals surface area contributed by atoms with Gasteiger partial charge in [0, 0.05) is 0 Å². The van der Waals surface area contributed by atoms with Crippen LogP contribution in [0.25, 0.3) is 0 Å². The SMILES string of the molecule is NC(N)=S.O=[Te](O)O. The van der Waals surface area contributed by atoms with Gasteiger partial charge in [0.15, 0.2) is 5.11 Å². The molecule has 5 nitrogen and oxygen atoms in total. The predicted octanol–water partition coefficient (Wildman–Crippen LogP) is -2.42. The van der Waals surface area contributed by atoms with Gasteiger partial charge in [-0.05, 0) is 12.2 Å². The van der Waals surface area contributed by atoms with E-state index >= 15 is 0 Å². The Morgan fingerprint density at radius 2 is 1.50 bits per heavy atom. The molecule has 0 amide bonds. The van der Waals surface area contributed by atoms with Gasteiger partial charge in [-0.1, -0.05) is 0 Å². The molecule has 0 atom stereocenters. The number of thiocarbonyl (C=S) groups is 1. The molecule has 0 saturated heterocycles. The molecule has 6 N–H and O–H groups in total. The molecule has 0 aliphatic heterocycles. The average molecular weight is 254 g/mol. The summed E-state index contributed by atoms with van der Waals surface area (Å²) < 4.78 is 23.3. The summed E-state index contributed by atoms with van der Waals surface area (Å²) in [4.78, 5) is 0. The van der Waals surface area contributed by atoms with Crippen LogP contribution >= 0.6 is 12.2 Å². The Bertz CT molecular complexity index is 75.3. The summed E-state index contributed by atoms with van der Waals surface area (Å²) in [6.07, 6.45) is 0. The van der Waals surface area contributed by atoms with Crippen molar-refractivity contribution in [1.29, 1.82) is 0 Å². The van der Waals surface area contributed by atoms with Gasteiger partial charge in [0.2, 0.25) is 0 Å². The third-order valence-corrected chi connectivity index (χ3v) is 0. The van der Waals surface area contributed by atoms with Crippen molar-refractivity contribution in [2.24, 2.45) is 11.5 Å². The molecule has 0 radical (unpaired) electrons. The summed E-state index contributed by atoms with van der Waals surface area (Å²) in [5, 5.41) is 0.000000000000000222. The molecule has 0 spiro atoms. The van der Waals surface area contributed by atoms with E-state index in [0.29, 0.717) is 0 Å². The second kappa shape index (κ2) is 7.20. The normalized spacial score (nSPS) is 7.38. The van der Waals surface area contributed by atoms with E-state index in [-0.39, 0.29) is 5.11 Å². The van der Waals surface area contributed by atoms with Gasteiger partial charge in [0.1, 0.15) is 0 Å². The van der Waals surface area contributed by atoms with Gasteiger partial charge in [-0.3, -0.25) is 0 Å². The molecule has 0 heterocycles. The van der Waals surface area contributed by atoms with Crippen LogP contribution in [0.3, 0.4) is 0 Å². The first-order chi connectivity index (χ1) is 3.46. The zero-order chi connectivity index (χ0) is 7.15. The molecule has 0 rings (SSSR count). The first-order valence-corrected chi connectivity index (χ1v) is 4.76. The molecule has 7 heteroatoms. The van der Waals surface area contributed by atoms with E-state index in [4.69, 9.17) is 10.0 Å². The van der Waals surface area contributed by atoms with Gasteiger partial charge in [-0.15, -0.1) is 0 Å². The summed E-state index contributed by atoms with van der Waals surface area (Å²) >= 11 is 0.486. The molecule has 0 fully saturated rings. The van der Waals surface area contributed by atoms with Crippen LogP contribution in [0.1, 0.15) is 0 Å². The van der Waals surface area contributed by atoms with Crippen molar-refractivity contribution in [1.82, 2.24) is 0 Å². The quantitative estimate of drug-likeness (QED) is 0.282. The summed E-state index contributed by atoms with van der Waals surface area (Å²) in [5.74, 6) is 0. The van der Waals surface area contributed by atoms with Crippen molar-refractivity contribution in [3.8, 4) is 0 Å². The van der Waals surface area contributed by atoms with Gasteiger partial charge in [0.25, 0.3) is 0 Å². The molecular formula is CH6N2O3STe. The average Bonchev–Trinajstić information content (AvgIpc) is 1.25. The third kappa shape index (κ3) is 4210. The maximum atomic E-state index is 8.81. The van der Waals surface area contributed by atoms with Crippen molar-refractivity contribution in [2.75, 3.05) is 0 Å². The van der Waals surface area contributed by atoms with Crippen LogP contribution in [0, 0.1) is 0 Å². The number of hydrogen-bond acceptors (Lipinski definition) is 2. The van der Waals surface area contributed by atoms with Crippen molar-refractivity contribution in [2.45, 2.75) is 0 Å². The van der Waals surface area contributed by atoms with E-state index < -0.39 is 20.4 Å². The van der Waals surface area contributed by atoms with E-state index in [1.807, 2.05) is 0 Å². The fourth-order valence-corrected chi connectivity index (χ4v) is 0. The van der Waals surface area contributed by atoms with Crippen LogP contribution in [-0.4, -0.2) is 32.4 Å². The van der Waals surface area contributed by atoms with Crippen molar-refractivity contribution >= 4 is 37.7 Å². The summed E-state index contributed by atoms with van der Waals surface area (Å²) in [6.45, 7) is 0. The number of rotatable bonds is 0. The zero-order valence-electron chi connectivity index (χ0n) is 3.77. The first kappa shape index (κ1) is 11.1. The first-order valence-electron chi connectivity index (χ1n) is 1.31. The molecule has 8 heavy (non-hydrogen) atoms. The minimum absolute atomic E-state index is 0.000000000000000222. The Morgan fingerprint density at radius 3 is 1.50 bits per heavy atom. The Labute approximate surface area is 59.4 Å². The fraction of sp³-hybridized carbons (Fsp3) is 0. The maximum absolute atomic E-state index is 8.81. The van der Waals surface area contributed by atoms with Gasteiger partial charge in [-0.25, -0.2) is 0 Å². The van der Waals surface area contributed by atoms with E-state index in [1.54, 1.807) is 0 Å². The molecule has 50 valence electrons. The monoisotopic (exact) mass is 256 g/mol. The molecule has 0 unspecified atom stereocenters.